The zero-order valence-electron chi connectivity index (χ0n) is 11.2. The lowest BCUT2D eigenvalue weighted by Gasteiger charge is -2.39. The molecule has 0 aliphatic carbocycles. The molecule has 108 valence electrons. The van der Waals surface area contributed by atoms with E-state index in [9.17, 15) is 14.7 Å². The average molecular weight is 297 g/mol. The molecule has 20 heavy (non-hydrogen) atoms. The zero-order chi connectivity index (χ0) is 14.9. The molecule has 0 radical (unpaired) electrons. The number of carbonyl (C=O) groups is 2. The molecular formula is C14H17ClN2O3. The molecule has 5 nitrogen and oxygen atoms in total. The van der Waals surface area contributed by atoms with Crippen LogP contribution in [0.25, 0.3) is 0 Å². The first kappa shape index (κ1) is 14.7. The third kappa shape index (κ3) is 2.72. The molecule has 0 aromatic heterocycles. The molecule has 1 atom stereocenters. The molecule has 6 heteroatoms. The predicted molar refractivity (Wildman–Crippen MR) is 77.2 cm³/mol. The number of amides is 1. The van der Waals surface area contributed by atoms with Gasteiger partial charge in [-0.15, -0.1) is 0 Å². The van der Waals surface area contributed by atoms with Gasteiger partial charge in [-0.25, -0.2) is 0 Å². The number of piperidine rings is 1. The third-order valence-electron chi connectivity index (χ3n) is 3.78. The first-order chi connectivity index (χ1) is 9.33. The molecule has 1 aliphatic rings. The van der Waals surface area contributed by atoms with Crippen molar-refractivity contribution >= 4 is 29.2 Å². The van der Waals surface area contributed by atoms with Gasteiger partial charge < -0.3 is 15.7 Å². The van der Waals surface area contributed by atoms with Gasteiger partial charge in [-0.1, -0.05) is 11.6 Å². The van der Waals surface area contributed by atoms with Crippen LogP contribution in [0.2, 0.25) is 5.02 Å². The number of hydrogen-bond donors (Lipinski definition) is 2. The maximum absolute atomic E-state index is 11.5. The van der Waals surface area contributed by atoms with Gasteiger partial charge >= 0.3 is 5.97 Å². The number of aliphatic carboxylic acids is 1. The molecule has 1 amide bonds. The fraction of sp³-hybridized carbons (Fsp3) is 0.429. The molecule has 2 rings (SSSR count). The average Bonchev–Trinajstić information content (AvgIpc) is 2.38. The van der Waals surface area contributed by atoms with Gasteiger partial charge in [0.05, 0.1) is 11.0 Å². The molecule has 1 aromatic rings. The van der Waals surface area contributed by atoms with E-state index in [4.69, 9.17) is 17.3 Å². The van der Waals surface area contributed by atoms with Crippen molar-refractivity contribution in [3.63, 3.8) is 0 Å². The summed E-state index contributed by atoms with van der Waals surface area (Å²) < 4.78 is 0. The molecule has 1 aromatic carbocycles. The van der Waals surface area contributed by atoms with E-state index < -0.39 is 17.3 Å². The van der Waals surface area contributed by atoms with Crippen molar-refractivity contribution in [1.82, 2.24) is 0 Å². The molecular weight excluding hydrogens is 280 g/mol. The highest BCUT2D eigenvalue weighted by molar-refractivity contribution is 6.31. The van der Waals surface area contributed by atoms with Crippen LogP contribution in [0.3, 0.4) is 0 Å². The SMILES string of the molecule is CC1(C(=O)O)CCCN(c2ccc(Cl)cc2C(N)=O)C1. The Morgan fingerprint density at radius 3 is 2.75 bits per heavy atom. The van der Waals surface area contributed by atoms with Crippen molar-refractivity contribution in [3.8, 4) is 0 Å². The van der Waals surface area contributed by atoms with Gasteiger partial charge in [-0.05, 0) is 38.0 Å². The van der Waals surface area contributed by atoms with Crippen LogP contribution >= 0.6 is 11.6 Å². The fourth-order valence-electron chi connectivity index (χ4n) is 2.60. The van der Waals surface area contributed by atoms with Gasteiger partial charge in [0, 0.05) is 23.8 Å². The van der Waals surface area contributed by atoms with Crippen molar-refractivity contribution < 1.29 is 14.7 Å². The maximum Gasteiger partial charge on any atom is 0.311 e. The lowest BCUT2D eigenvalue weighted by molar-refractivity contribution is -0.148. The smallest absolute Gasteiger partial charge is 0.311 e. The second-order valence-corrected chi connectivity index (χ2v) is 5.85. The van der Waals surface area contributed by atoms with Crippen LogP contribution in [0.1, 0.15) is 30.1 Å². The topological polar surface area (TPSA) is 83.6 Å². The van der Waals surface area contributed by atoms with Crippen LogP contribution in [0.15, 0.2) is 18.2 Å². The Morgan fingerprint density at radius 1 is 1.45 bits per heavy atom. The van der Waals surface area contributed by atoms with Crippen LogP contribution in [-0.4, -0.2) is 30.1 Å². The largest absolute Gasteiger partial charge is 0.481 e. The quantitative estimate of drug-likeness (QED) is 0.895. The number of hydrogen-bond acceptors (Lipinski definition) is 3. The van der Waals surface area contributed by atoms with Gasteiger partial charge in [-0.2, -0.15) is 0 Å². The molecule has 1 aliphatic heterocycles. The number of nitrogens with zero attached hydrogens (tertiary/aromatic N) is 1. The second-order valence-electron chi connectivity index (χ2n) is 5.42. The summed E-state index contributed by atoms with van der Waals surface area (Å²) in [6.45, 7) is 2.77. The summed E-state index contributed by atoms with van der Waals surface area (Å²) in [5.41, 5.74) is 5.54. The first-order valence-electron chi connectivity index (χ1n) is 6.41. The van der Waals surface area contributed by atoms with Crippen molar-refractivity contribution in [2.75, 3.05) is 18.0 Å². The zero-order valence-corrected chi connectivity index (χ0v) is 12.0. The Balaban J connectivity index is 2.37. The van der Waals surface area contributed by atoms with Crippen molar-refractivity contribution in [2.24, 2.45) is 11.1 Å². The summed E-state index contributed by atoms with van der Waals surface area (Å²) >= 11 is 5.89. The summed E-state index contributed by atoms with van der Waals surface area (Å²) in [7, 11) is 0. The van der Waals surface area contributed by atoms with E-state index in [1.54, 1.807) is 19.1 Å². The molecule has 0 bridgehead atoms. The number of rotatable bonds is 3. The lowest BCUT2D eigenvalue weighted by atomic mass is 9.81. The Bertz CT molecular complexity index is 561. The number of benzene rings is 1. The Morgan fingerprint density at radius 2 is 2.15 bits per heavy atom. The van der Waals surface area contributed by atoms with Crippen LogP contribution in [0.4, 0.5) is 5.69 Å². The Kier molecular flexibility index (Phi) is 3.90. The minimum Gasteiger partial charge on any atom is -0.481 e. The molecule has 1 fully saturated rings. The summed E-state index contributed by atoms with van der Waals surface area (Å²) in [6, 6.07) is 4.91. The number of carboxylic acids is 1. The van der Waals surface area contributed by atoms with Crippen molar-refractivity contribution in [1.29, 1.82) is 0 Å². The number of carbonyl (C=O) groups excluding carboxylic acids is 1. The normalized spacial score (nSPS) is 22.6. The van der Waals surface area contributed by atoms with E-state index in [0.29, 0.717) is 35.8 Å². The van der Waals surface area contributed by atoms with Crippen LogP contribution < -0.4 is 10.6 Å². The lowest BCUT2D eigenvalue weighted by Crippen LogP contribution is -2.46. The molecule has 1 saturated heterocycles. The Hall–Kier alpha value is -1.75. The van der Waals surface area contributed by atoms with Gasteiger partial charge in [0.1, 0.15) is 0 Å². The van der Waals surface area contributed by atoms with Crippen LogP contribution in [0.5, 0.6) is 0 Å². The summed E-state index contributed by atoms with van der Waals surface area (Å²) in [5.74, 6) is -1.39. The summed E-state index contributed by atoms with van der Waals surface area (Å²) in [4.78, 5) is 24.8. The van der Waals surface area contributed by atoms with E-state index in [2.05, 4.69) is 0 Å². The summed E-state index contributed by atoms with van der Waals surface area (Å²) in [5, 5.41) is 9.78. The minimum atomic E-state index is -0.822. The molecule has 0 spiro atoms. The maximum atomic E-state index is 11.5. The molecule has 1 unspecified atom stereocenters. The number of nitrogens with two attached hydrogens (primary N) is 1. The van der Waals surface area contributed by atoms with E-state index in [0.717, 1.165) is 6.42 Å². The van der Waals surface area contributed by atoms with Gasteiger partial charge in [0.15, 0.2) is 0 Å². The van der Waals surface area contributed by atoms with Crippen LogP contribution in [-0.2, 0) is 4.79 Å². The van der Waals surface area contributed by atoms with Gasteiger partial charge in [0.2, 0.25) is 0 Å². The molecule has 3 N–H and O–H groups in total. The first-order valence-corrected chi connectivity index (χ1v) is 6.79. The number of primary amides is 1. The monoisotopic (exact) mass is 296 g/mol. The molecule has 0 saturated carbocycles. The number of carboxylic acid groups (broad SMARTS) is 1. The van der Waals surface area contributed by atoms with E-state index in [1.165, 1.54) is 6.07 Å². The number of halogens is 1. The van der Waals surface area contributed by atoms with Gasteiger partial charge in [-0.3, -0.25) is 9.59 Å². The highest BCUT2D eigenvalue weighted by Gasteiger charge is 2.38. The van der Waals surface area contributed by atoms with E-state index >= 15 is 0 Å². The fourth-order valence-corrected chi connectivity index (χ4v) is 2.77. The summed E-state index contributed by atoms with van der Waals surface area (Å²) in [6.07, 6.45) is 1.38. The minimum absolute atomic E-state index is 0.326. The third-order valence-corrected chi connectivity index (χ3v) is 4.01. The van der Waals surface area contributed by atoms with Crippen LogP contribution in [0, 0.1) is 5.41 Å². The van der Waals surface area contributed by atoms with E-state index in [-0.39, 0.29) is 0 Å². The highest BCUT2D eigenvalue weighted by atomic mass is 35.5. The Labute approximate surface area is 122 Å². The standard InChI is InChI=1S/C14H17ClN2O3/c1-14(13(19)20)5-2-6-17(8-14)11-4-3-9(15)7-10(11)12(16)18/h3-4,7H,2,5-6,8H2,1H3,(H2,16,18)(H,19,20). The number of anilines is 1. The van der Waals surface area contributed by atoms with Crippen molar-refractivity contribution in [2.45, 2.75) is 19.8 Å². The molecule has 1 heterocycles. The predicted octanol–water partition coefficient (Wildman–Crippen LogP) is 2.13. The highest BCUT2D eigenvalue weighted by Crippen LogP contribution is 2.34. The van der Waals surface area contributed by atoms with E-state index in [1.807, 2.05) is 4.90 Å². The van der Waals surface area contributed by atoms with Crippen molar-refractivity contribution in [3.05, 3.63) is 28.8 Å². The van der Waals surface area contributed by atoms with Gasteiger partial charge in [0.25, 0.3) is 5.91 Å². The second kappa shape index (κ2) is 5.32.